The van der Waals surface area contributed by atoms with Gasteiger partial charge in [0.1, 0.15) is 0 Å². The third kappa shape index (κ3) is 3.82. The van der Waals surface area contributed by atoms with E-state index in [-0.39, 0.29) is 5.92 Å². The van der Waals surface area contributed by atoms with Gasteiger partial charge in [-0.25, -0.2) is 0 Å². The van der Waals surface area contributed by atoms with E-state index in [1.54, 1.807) is 0 Å². The molecule has 0 radical (unpaired) electrons. The van der Waals surface area contributed by atoms with E-state index in [0.29, 0.717) is 0 Å². The van der Waals surface area contributed by atoms with Crippen LogP contribution in [0.2, 0.25) is 0 Å². The van der Waals surface area contributed by atoms with Gasteiger partial charge < -0.3 is 5.11 Å². The Balaban J connectivity index is 2.49. The van der Waals surface area contributed by atoms with E-state index in [1.807, 2.05) is 19.9 Å². The molecule has 1 heteroatoms. The summed E-state index contributed by atoms with van der Waals surface area (Å²) in [7, 11) is 0. The van der Waals surface area contributed by atoms with Crippen LogP contribution in [0.3, 0.4) is 0 Å². The van der Waals surface area contributed by atoms with Crippen molar-refractivity contribution in [3.8, 4) is 0 Å². The van der Waals surface area contributed by atoms with Crippen molar-refractivity contribution in [2.24, 2.45) is 5.92 Å². The second-order valence-electron chi connectivity index (χ2n) is 4.62. The van der Waals surface area contributed by atoms with Crippen molar-refractivity contribution < 1.29 is 5.11 Å². The van der Waals surface area contributed by atoms with Crippen molar-refractivity contribution in [2.75, 3.05) is 0 Å². The van der Waals surface area contributed by atoms with Gasteiger partial charge in [0.2, 0.25) is 0 Å². The molecular weight excluding hydrogens is 196 g/mol. The fraction of sp³-hybridized carbons (Fsp3) is 0.467. The molecule has 0 heterocycles. The summed E-state index contributed by atoms with van der Waals surface area (Å²) < 4.78 is 0. The summed E-state index contributed by atoms with van der Waals surface area (Å²) in [5.74, 6) is 0.196. The lowest BCUT2D eigenvalue weighted by atomic mass is 9.88. The highest BCUT2D eigenvalue weighted by molar-refractivity contribution is 5.17. The van der Waals surface area contributed by atoms with Crippen LogP contribution in [0.15, 0.2) is 42.5 Å². The summed E-state index contributed by atoms with van der Waals surface area (Å²) in [4.78, 5) is 0. The normalized spacial score (nSPS) is 17.2. The predicted octanol–water partition coefficient (Wildman–Crippen LogP) is 3.58. The zero-order chi connectivity index (χ0) is 12.0. The van der Waals surface area contributed by atoms with Crippen LogP contribution < -0.4 is 0 Å². The maximum absolute atomic E-state index is 10.0. The Hall–Kier alpha value is -1.08. The van der Waals surface area contributed by atoms with Crippen molar-refractivity contribution in [1.82, 2.24) is 0 Å². The fourth-order valence-corrected chi connectivity index (χ4v) is 1.55. The number of hydrogen-bond donors (Lipinski definition) is 1. The predicted molar refractivity (Wildman–Crippen MR) is 69.4 cm³/mol. The topological polar surface area (TPSA) is 20.2 Å². The molecule has 0 amide bonds. The van der Waals surface area contributed by atoms with Gasteiger partial charge in [0.15, 0.2) is 0 Å². The van der Waals surface area contributed by atoms with Gasteiger partial charge in [-0.15, -0.1) is 0 Å². The molecule has 1 aromatic carbocycles. The molecule has 0 spiro atoms. The lowest BCUT2D eigenvalue weighted by Crippen LogP contribution is -2.30. The summed E-state index contributed by atoms with van der Waals surface area (Å²) in [6.45, 7) is 5.97. The summed E-state index contributed by atoms with van der Waals surface area (Å²) in [6, 6.07) is 10.4. The minimum Gasteiger partial charge on any atom is -0.390 e. The first-order chi connectivity index (χ1) is 7.56. The van der Waals surface area contributed by atoms with Crippen molar-refractivity contribution in [3.63, 3.8) is 0 Å². The largest absolute Gasteiger partial charge is 0.390 e. The maximum Gasteiger partial charge on any atom is 0.0676 e. The van der Waals surface area contributed by atoms with Gasteiger partial charge in [-0.3, -0.25) is 0 Å². The second kappa shape index (κ2) is 5.86. The molecule has 1 rings (SSSR count). The Morgan fingerprint density at radius 2 is 1.94 bits per heavy atom. The molecule has 0 aromatic heterocycles. The van der Waals surface area contributed by atoms with Gasteiger partial charge >= 0.3 is 0 Å². The van der Waals surface area contributed by atoms with Gasteiger partial charge in [0, 0.05) is 5.92 Å². The van der Waals surface area contributed by atoms with E-state index in [2.05, 4.69) is 43.3 Å². The van der Waals surface area contributed by atoms with Gasteiger partial charge in [0.05, 0.1) is 5.60 Å². The van der Waals surface area contributed by atoms with Crippen LogP contribution in [0.5, 0.6) is 0 Å². The van der Waals surface area contributed by atoms with E-state index in [9.17, 15) is 5.11 Å². The first-order valence-electron chi connectivity index (χ1n) is 5.99. The summed E-state index contributed by atoms with van der Waals surface area (Å²) in [6.07, 6.45) is 5.97. The van der Waals surface area contributed by atoms with E-state index < -0.39 is 5.60 Å². The number of aliphatic hydroxyl groups is 1. The van der Waals surface area contributed by atoms with Gasteiger partial charge in [-0.1, -0.05) is 56.3 Å². The highest BCUT2D eigenvalue weighted by Crippen LogP contribution is 2.21. The molecule has 0 aliphatic carbocycles. The molecule has 0 saturated heterocycles. The number of allylic oxidation sites excluding steroid dienone is 1. The van der Waals surface area contributed by atoms with Crippen LogP contribution in [-0.2, 0) is 6.42 Å². The average Bonchev–Trinajstić information content (AvgIpc) is 2.30. The molecule has 1 nitrogen and oxygen atoms in total. The molecule has 0 aliphatic rings. The molecule has 1 N–H and O–H groups in total. The van der Waals surface area contributed by atoms with E-state index >= 15 is 0 Å². The van der Waals surface area contributed by atoms with Crippen molar-refractivity contribution in [3.05, 3.63) is 48.0 Å². The summed E-state index contributed by atoms with van der Waals surface area (Å²) >= 11 is 0. The van der Waals surface area contributed by atoms with E-state index in [1.165, 1.54) is 5.56 Å². The van der Waals surface area contributed by atoms with Crippen molar-refractivity contribution in [2.45, 2.75) is 39.2 Å². The number of rotatable bonds is 5. The standard InChI is InChI=1S/C15H22O/c1-4-15(3,16)13(2)9-8-12-14-10-6-5-7-11-14/h5-11,13,16H,4,12H2,1-3H3/b9-8+/t13-,15+/m1/s1. The second-order valence-corrected chi connectivity index (χ2v) is 4.62. The number of benzene rings is 1. The third-order valence-corrected chi connectivity index (χ3v) is 3.32. The summed E-state index contributed by atoms with van der Waals surface area (Å²) in [5, 5.41) is 10.0. The first kappa shape index (κ1) is 13.0. The van der Waals surface area contributed by atoms with Crippen LogP contribution in [0, 0.1) is 5.92 Å². The van der Waals surface area contributed by atoms with Crippen LogP contribution in [0.25, 0.3) is 0 Å². The molecule has 0 fully saturated rings. The Morgan fingerprint density at radius 3 is 2.50 bits per heavy atom. The van der Waals surface area contributed by atoms with Gasteiger partial charge in [-0.05, 0) is 25.3 Å². The van der Waals surface area contributed by atoms with Crippen LogP contribution >= 0.6 is 0 Å². The molecule has 0 aliphatic heterocycles. The maximum atomic E-state index is 10.0. The SMILES string of the molecule is CC[C@](C)(O)[C@H](C)/C=C/Cc1ccccc1. The zero-order valence-electron chi connectivity index (χ0n) is 10.5. The molecule has 16 heavy (non-hydrogen) atoms. The molecule has 1 aromatic rings. The molecule has 0 saturated carbocycles. The van der Waals surface area contributed by atoms with E-state index in [0.717, 1.165) is 12.8 Å². The zero-order valence-corrected chi connectivity index (χ0v) is 10.5. The highest BCUT2D eigenvalue weighted by Gasteiger charge is 2.23. The monoisotopic (exact) mass is 218 g/mol. The Morgan fingerprint density at radius 1 is 1.31 bits per heavy atom. The molecular formula is C15H22O. The van der Waals surface area contributed by atoms with Crippen molar-refractivity contribution >= 4 is 0 Å². The van der Waals surface area contributed by atoms with Crippen LogP contribution in [-0.4, -0.2) is 10.7 Å². The smallest absolute Gasteiger partial charge is 0.0676 e. The fourth-order valence-electron chi connectivity index (χ4n) is 1.55. The molecule has 0 unspecified atom stereocenters. The lowest BCUT2D eigenvalue weighted by molar-refractivity contribution is 0.0208. The quantitative estimate of drug-likeness (QED) is 0.749. The minimum absolute atomic E-state index is 0.196. The Kier molecular flexibility index (Phi) is 4.75. The van der Waals surface area contributed by atoms with Crippen LogP contribution in [0.1, 0.15) is 32.8 Å². The first-order valence-corrected chi connectivity index (χ1v) is 5.99. The lowest BCUT2D eigenvalue weighted by Gasteiger charge is -2.26. The molecule has 88 valence electrons. The summed E-state index contributed by atoms with van der Waals surface area (Å²) in [5.41, 5.74) is 0.717. The Bertz CT molecular complexity index is 325. The minimum atomic E-state index is -0.590. The average molecular weight is 218 g/mol. The van der Waals surface area contributed by atoms with Crippen molar-refractivity contribution in [1.29, 1.82) is 0 Å². The molecule has 0 bridgehead atoms. The molecule has 2 atom stereocenters. The van der Waals surface area contributed by atoms with Crippen LogP contribution in [0.4, 0.5) is 0 Å². The van der Waals surface area contributed by atoms with Gasteiger partial charge in [-0.2, -0.15) is 0 Å². The highest BCUT2D eigenvalue weighted by atomic mass is 16.3. The number of hydrogen-bond acceptors (Lipinski definition) is 1. The third-order valence-electron chi connectivity index (χ3n) is 3.32. The Labute approximate surface area is 98.8 Å². The van der Waals surface area contributed by atoms with Gasteiger partial charge in [0.25, 0.3) is 0 Å². The van der Waals surface area contributed by atoms with E-state index in [4.69, 9.17) is 0 Å².